The zero-order valence-electron chi connectivity index (χ0n) is 9.28. The van der Waals surface area contributed by atoms with Crippen molar-refractivity contribution >= 4 is 44.8 Å². The highest BCUT2D eigenvalue weighted by Crippen LogP contribution is 2.22. The number of halogens is 2. The fraction of sp³-hybridized carbons (Fsp3) is 0. The van der Waals surface area contributed by atoms with Gasteiger partial charge in [0.25, 0.3) is 5.91 Å². The van der Waals surface area contributed by atoms with Gasteiger partial charge in [-0.2, -0.15) is 0 Å². The molecule has 2 aromatic rings. The highest BCUT2D eigenvalue weighted by atomic mass is 79.9. The minimum absolute atomic E-state index is 0.239. The van der Waals surface area contributed by atoms with E-state index >= 15 is 0 Å². The molecule has 0 radical (unpaired) electrons. The van der Waals surface area contributed by atoms with Crippen LogP contribution < -0.4 is 11.1 Å². The van der Waals surface area contributed by atoms with Crippen LogP contribution in [0.1, 0.15) is 10.4 Å². The molecule has 92 valence electrons. The second-order valence-corrected chi connectivity index (χ2v) is 4.99. The van der Waals surface area contributed by atoms with Gasteiger partial charge in [-0.25, -0.2) is 0 Å². The van der Waals surface area contributed by atoms with Gasteiger partial charge in [0, 0.05) is 20.9 Å². The topological polar surface area (TPSA) is 55.1 Å². The Balaban J connectivity index is 2.24. The average molecular weight is 326 g/mol. The number of benzene rings is 2. The summed E-state index contributed by atoms with van der Waals surface area (Å²) in [6, 6.07) is 12.0. The standard InChI is InChI=1S/C13H10BrClN2O/c14-12-5-4-9(16)7-11(12)13(18)17-10-3-1-2-8(15)6-10/h1-7H,16H2,(H,17,18). The Morgan fingerprint density at radius 2 is 2.00 bits per heavy atom. The summed E-state index contributed by atoms with van der Waals surface area (Å²) in [5.41, 5.74) is 7.32. The maximum atomic E-state index is 12.1. The molecule has 0 heterocycles. The first-order chi connectivity index (χ1) is 8.56. The van der Waals surface area contributed by atoms with Gasteiger partial charge >= 0.3 is 0 Å². The van der Waals surface area contributed by atoms with E-state index < -0.39 is 0 Å². The molecular formula is C13H10BrClN2O. The molecule has 0 unspecified atom stereocenters. The van der Waals surface area contributed by atoms with Gasteiger partial charge in [-0.15, -0.1) is 0 Å². The van der Waals surface area contributed by atoms with Crippen molar-refractivity contribution in [3.63, 3.8) is 0 Å². The lowest BCUT2D eigenvalue weighted by molar-refractivity contribution is 0.102. The van der Waals surface area contributed by atoms with E-state index in [1.54, 1.807) is 42.5 Å². The third-order valence-corrected chi connectivity index (χ3v) is 3.24. The number of carbonyl (C=O) groups is 1. The number of carbonyl (C=O) groups excluding carboxylic acids is 1. The van der Waals surface area contributed by atoms with Crippen LogP contribution in [0, 0.1) is 0 Å². The minimum atomic E-state index is -0.239. The van der Waals surface area contributed by atoms with E-state index in [0.717, 1.165) is 0 Å². The Labute approximate surface area is 118 Å². The van der Waals surface area contributed by atoms with Crippen LogP contribution in [0.3, 0.4) is 0 Å². The lowest BCUT2D eigenvalue weighted by atomic mass is 10.2. The fourth-order valence-corrected chi connectivity index (χ4v) is 2.10. The Morgan fingerprint density at radius 3 is 2.72 bits per heavy atom. The molecule has 0 aromatic heterocycles. The monoisotopic (exact) mass is 324 g/mol. The number of anilines is 2. The third-order valence-electron chi connectivity index (χ3n) is 2.32. The molecule has 0 aliphatic rings. The molecule has 3 N–H and O–H groups in total. The smallest absolute Gasteiger partial charge is 0.256 e. The summed E-state index contributed by atoms with van der Waals surface area (Å²) in [6.45, 7) is 0. The molecule has 1 amide bonds. The maximum Gasteiger partial charge on any atom is 0.256 e. The number of rotatable bonds is 2. The van der Waals surface area contributed by atoms with Gasteiger partial charge in [-0.05, 0) is 52.3 Å². The van der Waals surface area contributed by atoms with Crippen molar-refractivity contribution in [3.8, 4) is 0 Å². The van der Waals surface area contributed by atoms with Crippen LogP contribution in [0.25, 0.3) is 0 Å². The van der Waals surface area contributed by atoms with E-state index in [9.17, 15) is 4.79 Å². The van der Waals surface area contributed by atoms with Crippen molar-refractivity contribution in [1.29, 1.82) is 0 Å². The van der Waals surface area contributed by atoms with Crippen LogP contribution in [0.2, 0.25) is 5.02 Å². The predicted molar refractivity (Wildman–Crippen MR) is 78.0 cm³/mol. The van der Waals surface area contributed by atoms with Crippen molar-refractivity contribution in [2.24, 2.45) is 0 Å². The van der Waals surface area contributed by atoms with Gasteiger partial charge in [-0.1, -0.05) is 17.7 Å². The summed E-state index contributed by atoms with van der Waals surface area (Å²) in [5, 5.41) is 3.33. The zero-order valence-corrected chi connectivity index (χ0v) is 11.6. The van der Waals surface area contributed by atoms with Gasteiger partial charge < -0.3 is 11.1 Å². The molecule has 5 heteroatoms. The van der Waals surface area contributed by atoms with Gasteiger partial charge in [0.05, 0.1) is 5.56 Å². The predicted octanol–water partition coefficient (Wildman–Crippen LogP) is 3.94. The maximum absolute atomic E-state index is 12.1. The van der Waals surface area contributed by atoms with Crippen LogP contribution in [0.5, 0.6) is 0 Å². The normalized spacial score (nSPS) is 10.1. The van der Waals surface area contributed by atoms with E-state index in [-0.39, 0.29) is 5.91 Å². The molecule has 2 aromatic carbocycles. The number of nitrogens with two attached hydrogens (primary N) is 1. The van der Waals surface area contributed by atoms with E-state index in [1.807, 2.05) is 0 Å². The summed E-state index contributed by atoms with van der Waals surface area (Å²) < 4.78 is 0.691. The van der Waals surface area contributed by atoms with E-state index in [1.165, 1.54) is 0 Å². The van der Waals surface area contributed by atoms with E-state index in [2.05, 4.69) is 21.2 Å². The van der Waals surface area contributed by atoms with Crippen LogP contribution in [-0.2, 0) is 0 Å². The molecule has 2 rings (SSSR count). The number of nitrogens with one attached hydrogen (secondary N) is 1. The molecule has 0 aliphatic carbocycles. The Bertz CT molecular complexity index is 601. The molecule has 3 nitrogen and oxygen atoms in total. The summed E-state index contributed by atoms with van der Waals surface area (Å²) in [6.07, 6.45) is 0. The molecule has 0 saturated carbocycles. The van der Waals surface area contributed by atoms with Crippen molar-refractivity contribution in [2.75, 3.05) is 11.1 Å². The Morgan fingerprint density at radius 1 is 1.22 bits per heavy atom. The summed E-state index contributed by atoms with van der Waals surface area (Å²) in [7, 11) is 0. The van der Waals surface area contributed by atoms with Crippen LogP contribution in [0.15, 0.2) is 46.9 Å². The van der Waals surface area contributed by atoms with Crippen molar-refractivity contribution in [1.82, 2.24) is 0 Å². The van der Waals surface area contributed by atoms with Crippen LogP contribution >= 0.6 is 27.5 Å². The molecule has 0 saturated heterocycles. The first kappa shape index (κ1) is 12.9. The lowest BCUT2D eigenvalue weighted by Gasteiger charge is -2.08. The molecule has 0 fully saturated rings. The zero-order chi connectivity index (χ0) is 13.1. The van der Waals surface area contributed by atoms with Crippen LogP contribution in [0.4, 0.5) is 11.4 Å². The van der Waals surface area contributed by atoms with Crippen LogP contribution in [-0.4, -0.2) is 5.91 Å². The quantitative estimate of drug-likeness (QED) is 0.822. The summed E-state index contributed by atoms with van der Waals surface area (Å²) in [4.78, 5) is 12.1. The molecule has 0 spiro atoms. The van der Waals surface area contributed by atoms with Crippen molar-refractivity contribution in [3.05, 3.63) is 57.5 Å². The first-order valence-corrected chi connectivity index (χ1v) is 6.35. The number of hydrogen-bond acceptors (Lipinski definition) is 2. The second kappa shape index (κ2) is 5.42. The molecular weight excluding hydrogens is 316 g/mol. The van der Waals surface area contributed by atoms with Crippen molar-refractivity contribution < 1.29 is 4.79 Å². The highest BCUT2D eigenvalue weighted by molar-refractivity contribution is 9.10. The van der Waals surface area contributed by atoms with Gasteiger partial charge in [-0.3, -0.25) is 4.79 Å². The third kappa shape index (κ3) is 3.03. The van der Waals surface area contributed by atoms with E-state index in [0.29, 0.717) is 26.4 Å². The second-order valence-electron chi connectivity index (χ2n) is 3.70. The molecule has 0 aliphatic heterocycles. The first-order valence-electron chi connectivity index (χ1n) is 5.18. The van der Waals surface area contributed by atoms with Crippen molar-refractivity contribution in [2.45, 2.75) is 0 Å². The van der Waals surface area contributed by atoms with Gasteiger partial charge in [0.15, 0.2) is 0 Å². The SMILES string of the molecule is Nc1ccc(Br)c(C(=O)Nc2cccc(Cl)c2)c1. The molecule has 0 bridgehead atoms. The number of hydrogen-bond donors (Lipinski definition) is 2. The Kier molecular flexibility index (Phi) is 3.89. The largest absolute Gasteiger partial charge is 0.399 e. The summed E-state index contributed by atoms with van der Waals surface area (Å²) >= 11 is 9.17. The average Bonchev–Trinajstić information content (AvgIpc) is 2.32. The van der Waals surface area contributed by atoms with Gasteiger partial charge in [0.1, 0.15) is 0 Å². The molecule has 0 atom stereocenters. The highest BCUT2D eigenvalue weighted by Gasteiger charge is 2.10. The fourth-order valence-electron chi connectivity index (χ4n) is 1.48. The minimum Gasteiger partial charge on any atom is -0.399 e. The van der Waals surface area contributed by atoms with E-state index in [4.69, 9.17) is 17.3 Å². The lowest BCUT2D eigenvalue weighted by Crippen LogP contribution is -2.12. The van der Waals surface area contributed by atoms with Gasteiger partial charge in [0.2, 0.25) is 0 Å². The summed E-state index contributed by atoms with van der Waals surface area (Å²) in [5.74, 6) is -0.239. The number of amides is 1. The Hall–Kier alpha value is -1.52. The molecule has 18 heavy (non-hydrogen) atoms. The number of nitrogen functional groups attached to an aromatic ring is 1.